The molecular weight excluding hydrogens is 212 g/mol. The third kappa shape index (κ3) is 4.94. The number of hydrogen-bond acceptors (Lipinski definition) is 3. The van der Waals surface area contributed by atoms with Crippen LogP contribution in [-0.4, -0.2) is 48.8 Å². The van der Waals surface area contributed by atoms with E-state index >= 15 is 0 Å². The van der Waals surface area contributed by atoms with E-state index in [1.165, 1.54) is 26.1 Å². The topological polar surface area (TPSA) is 35.5 Å². The molecule has 17 heavy (non-hydrogen) atoms. The monoisotopic (exact) mass is 242 g/mol. The fraction of sp³-hybridized carbons (Fsp3) is 1.00. The summed E-state index contributed by atoms with van der Waals surface area (Å²) in [5.41, 5.74) is 0. The highest BCUT2D eigenvalue weighted by Gasteiger charge is 2.25. The smallest absolute Gasteiger partial charge is 0.0434 e. The maximum atomic E-state index is 8.99. The van der Waals surface area contributed by atoms with E-state index in [0.717, 1.165) is 25.3 Å². The van der Waals surface area contributed by atoms with Gasteiger partial charge in [-0.3, -0.25) is 0 Å². The lowest BCUT2D eigenvalue weighted by Crippen LogP contribution is -2.49. The van der Waals surface area contributed by atoms with Crippen LogP contribution in [0.5, 0.6) is 0 Å². The van der Waals surface area contributed by atoms with Gasteiger partial charge in [0.05, 0.1) is 0 Å². The molecule has 0 saturated carbocycles. The Balaban J connectivity index is 2.27. The molecule has 1 heterocycles. The summed E-state index contributed by atoms with van der Waals surface area (Å²) >= 11 is 0. The summed E-state index contributed by atoms with van der Waals surface area (Å²) < 4.78 is 0. The van der Waals surface area contributed by atoms with Gasteiger partial charge in [0, 0.05) is 19.2 Å². The van der Waals surface area contributed by atoms with Crippen molar-refractivity contribution in [2.24, 2.45) is 11.8 Å². The highest BCUT2D eigenvalue weighted by Crippen LogP contribution is 2.17. The predicted octanol–water partition coefficient (Wildman–Crippen LogP) is 1.71. The first-order valence-electron chi connectivity index (χ1n) is 7.27. The number of likely N-dealkylation sites (tertiary alicyclic amines) is 1. The molecule has 1 rings (SSSR count). The molecule has 1 fully saturated rings. The first kappa shape index (κ1) is 14.9. The Hall–Kier alpha value is -0.120. The Labute approximate surface area is 107 Å². The van der Waals surface area contributed by atoms with E-state index in [4.69, 9.17) is 5.11 Å². The second-order valence-electron chi connectivity index (χ2n) is 5.46. The predicted molar refractivity (Wildman–Crippen MR) is 73.2 cm³/mol. The van der Waals surface area contributed by atoms with Crippen LogP contribution in [0.3, 0.4) is 0 Å². The van der Waals surface area contributed by atoms with Crippen LogP contribution in [0.15, 0.2) is 0 Å². The number of nitrogens with zero attached hydrogens (tertiary/aromatic N) is 1. The van der Waals surface area contributed by atoms with Crippen LogP contribution in [0, 0.1) is 11.8 Å². The van der Waals surface area contributed by atoms with Gasteiger partial charge in [-0.25, -0.2) is 0 Å². The lowest BCUT2D eigenvalue weighted by atomic mass is 9.92. The Morgan fingerprint density at radius 3 is 2.71 bits per heavy atom. The molecule has 0 amide bonds. The second-order valence-corrected chi connectivity index (χ2v) is 5.46. The summed E-state index contributed by atoms with van der Waals surface area (Å²) in [6.07, 6.45) is 3.37. The van der Waals surface area contributed by atoms with Gasteiger partial charge in [0.1, 0.15) is 0 Å². The van der Waals surface area contributed by atoms with E-state index in [0.29, 0.717) is 18.6 Å². The Morgan fingerprint density at radius 1 is 1.41 bits per heavy atom. The number of aliphatic hydroxyl groups excluding tert-OH is 1. The van der Waals surface area contributed by atoms with Crippen molar-refractivity contribution < 1.29 is 5.11 Å². The molecule has 0 aliphatic carbocycles. The van der Waals surface area contributed by atoms with Gasteiger partial charge in [0.15, 0.2) is 0 Å². The van der Waals surface area contributed by atoms with Crippen molar-refractivity contribution >= 4 is 0 Å². The molecule has 0 aromatic rings. The van der Waals surface area contributed by atoms with Gasteiger partial charge in [-0.1, -0.05) is 27.2 Å². The zero-order chi connectivity index (χ0) is 12.7. The van der Waals surface area contributed by atoms with Crippen LogP contribution in [0.2, 0.25) is 0 Å². The lowest BCUT2D eigenvalue weighted by molar-refractivity contribution is 0.148. The van der Waals surface area contributed by atoms with Crippen LogP contribution in [0.1, 0.15) is 40.0 Å². The van der Waals surface area contributed by atoms with E-state index in [1.807, 2.05) is 0 Å². The molecule has 0 aromatic carbocycles. The quantitative estimate of drug-likeness (QED) is 0.713. The summed E-state index contributed by atoms with van der Waals surface area (Å²) in [6, 6.07) is 0.672. The number of piperidine rings is 1. The normalized spacial score (nSPS) is 28.2. The average Bonchev–Trinajstić information content (AvgIpc) is 2.35. The molecule has 3 heteroatoms. The van der Waals surface area contributed by atoms with Crippen molar-refractivity contribution in [2.75, 3.05) is 32.8 Å². The molecule has 1 aliphatic heterocycles. The first-order valence-corrected chi connectivity index (χ1v) is 7.27. The van der Waals surface area contributed by atoms with Gasteiger partial charge < -0.3 is 15.3 Å². The molecule has 3 atom stereocenters. The van der Waals surface area contributed by atoms with E-state index in [1.54, 1.807) is 0 Å². The molecule has 3 nitrogen and oxygen atoms in total. The summed E-state index contributed by atoms with van der Waals surface area (Å²) in [7, 11) is 0. The molecule has 102 valence electrons. The number of rotatable bonds is 7. The Bertz CT molecular complexity index is 199. The molecule has 0 spiro atoms. The summed E-state index contributed by atoms with van der Waals surface area (Å²) in [5.74, 6) is 1.38. The van der Waals surface area contributed by atoms with Crippen LogP contribution in [0.25, 0.3) is 0 Å². The molecule has 1 saturated heterocycles. The largest absolute Gasteiger partial charge is 0.396 e. The van der Waals surface area contributed by atoms with Crippen LogP contribution in [0.4, 0.5) is 0 Å². The van der Waals surface area contributed by atoms with Crippen LogP contribution in [-0.2, 0) is 0 Å². The maximum absolute atomic E-state index is 8.99. The maximum Gasteiger partial charge on any atom is 0.0434 e. The van der Waals surface area contributed by atoms with E-state index < -0.39 is 0 Å². The van der Waals surface area contributed by atoms with Gasteiger partial charge in [-0.2, -0.15) is 0 Å². The minimum absolute atomic E-state index is 0.323. The van der Waals surface area contributed by atoms with Gasteiger partial charge in [0.25, 0.3) is 0 Å². The van der Waals surface area contributed by atoms with Crippen molar-refractivity contribution in [3.05, 3.63) is 0 Å². The van der Waals surface area contributed by atoms with Crippen molar-refractivity contribution in [2.45, 2.75) is 46.1 Å². The highest BCUT2D eigenvalue weighted by atomic mass is 16.3. The molecule has 0 bridgehead atoms. The Kier molecular flexibility index (Phi) is 7.09. The van der Waals surface area contributed by atoms with Crippen molar-refractivity contribution in [3.63, 3.8) is 0 Å². The SMILES string of the molecule is CCC(CCO)CNC1CCN(CC)CC1C. The average molecular weight is 242 g/mol. The highest BCUT2D eigenvalue weighted by molar-refractivity contribution is 4.82. The minimum Gasteiger partial charge on any atom is -0.396 e. The van der Waals surface area contributed by atoms with Crippen molar-refractivity contribution in [1.82, 2.24) is 10.2 Å². The molecule has 0 aromatic heterocycles. The third-order valence-electron chi connectivity index (χ3n) is 4.22. The van der Waals surface area contributed by atoms with E-state index in [9.17, 15) is 0 Å². The molecule has 1 aliphatic rings. The second kappa shape index (κ2) is 8.06. The lowest BCUT2D eigenvalue weighted by Gasteiger charge is -2.37. The van der Waals surface area contributed by atoms with Crippen LogP contribution < -0.4 is 5.32 Å². The number of hydrogen-bond donors (Lipinski definition) is 2. The van der Waals surface area contributed by atoms with Crippen molar-refractivity contribution in [1.29, 1.82) is 0 Å². The standard InChI is InChI=1S/C14H30N2O/c1-4-13(7-9-17)10-15-14-6-8-16(5-2)11-12(14)3/h12-15,17H,4-11H2,1-3H3. The number of nitrogens with one attached hydrogen (secondary N) is 1. The first-order chi connectivity index (χ1) is 8.21. The summed E-state index contributed by atoms with van der Waals surface area (Å²) in [5, 5.41) is 12.7. The van der Waals surface area contributed by atoms with Gasteiger partial charge >= 0.3 is 0 Å². The molecule has 0 radical (unpaired) electrons. The van der Waals surface area contributed by atoms with E-state index in [2.05, 4.69) is 31.0 Å². The van der Waals surface area contributed by atoms with Gasteiger partial charge in [-0.05, 0) is 44.3 Å². The molecule has 2 N–H and O–H groups in total. The molecular formula is C14H30N2O. The van der Waals surface area contributed by atoms with Crippen molar-refractivity contribution in [3.8, 4) is 0 Å². The summed E-state index contributed by atoms with van der Waals surface area (Å²) in [4.78, 5) is 2.54. The van der Waals surface area contributed by atoms with Gasteiger partial charge in [0.2, 0.25) is 0 Å². The Morgan fingerprint density at radius 2 is 2.18 bits per heavy atom. The fourth-order valence-corrected chi connectivity index (χ4v) is 2.77. The van der Waals surface area contributed by atoms with Crippen LogP contribution >= 0.6 is 0 Å². The zero-order valence-electron chi connectivity index (χ0n) is 11.8. The van der Waals surface area contributed by atoms with E-state index in [-0.39, 0.29) is 0 Å². The summed E-state index contributed by atoms with van der Waals surface area (Å²) in [6.45, 7) is 11.8. The third-order valence-corrected chi connectivity index (χ3v) is 4.22. The minimum atomic E-state index is 0.323. The fourth-order valence-electron chi connectivity index (χ4n) is 2.77. The zero-order valence-corrected chi connectivity index (χ0v) is 11.8. The molecule has 3 unspecified atom stereocenters. The number of aliphatic hydroxyl groups is 1. The van der Waals surface area contributed by atoms with Gasteiger partial charge in [-0.15, -0.1) is 0 Å².